The highest BCUT2D eigenvalue weighted by atomic mass is 16.6. The van der Waals surface area contributed by atoms with Gasteiger partial charge in [-0.2, -0.15) is 0 Å². The van der Waals surface area contributed by atoms with E-state index in [0.29, 0.717) is 25.5 Å². The standard InChI is InChI=1S/C15H20N2O3/c1-10-6-11(10)8-16-9-15(18)17-12-2-3-13-14(7-12)20-5-4-19-13/h2-3,7,10-11,16H,4-6,8-9H2,1H3,(H,17,18). The number of carbonyl (C=O) groups excluding carboxylic acids is 1. The minimum Gasteiger partial charge on any atom is -0.486 e. The van der Waals surface area contributed by atoms with Crippen molar-refractivity contribution in [3.63, 3.8) is 0 Å². The number of hydrogen-bond donors (Lipinski definition) is 2. The monoisotopic (exact) mass is 276 g/mol. The Morgan fingerprint density at radius 2 is 2.05 bits per heavy atom. The first-order valence-corrected chi connectivity index (χ1v) is 7.12. The van der Waals surface area contributed by atoms with Gasteiger partial charge >= 0.3 is 0 Å². The van der Waals surface area contributed by atoms with Gasteiger partial charge in [0.1, 0.15) is 13.2 Å². The molecule has 1 amide bonds. The van der Waals surface area contributed by atoms with Gasteiger partial charge in [0.25, 0.3) is 0 Å². The Morgan fingerprint density at radius 3 is 2.80 bits per heavy atom. The molecule has 2 N–H and O–H groups in total. The van der Waals surface area contributed by atoms with Crippen molar-refractivity contribution in [3.05, 3.63) is 18.2 Å². The van der Waals surface area contributed by atoms with Crippen LogP contribution in [0.15, 0.2) is 18.2 Å². The number of carbonyl (C=O) groups is 1. The maximum Gasteiger partial charge on any atom is 0.238 e. The van der Waals surface area contributed by atoms with Crippen molar-refractivity contribution in [1.29, 1.82) is 0 Å². The number of benzene rings is 1. The number of fused-ring (bicyclic) bond motifs is 1. The van der Waals surface area contributed by atoms with Crippen LogP contribution < -0.4 is 20.1 Å². The molecule has 0 radical (unpaired) electrons. The Morgan fingerprint density at radius 1 is 1.30 bits per heavy atom. The summed E-state index contributed by atoms with van der Waals surface area (Å²) in [6, 6.07) is 5.45. The van der Waals surface area contributed by atoms with Gasteiger partial charge in [-0.1, -0.05) is 6.92 Å². The van der Waals surface area contributed by atoms with Gasteiger partial charge in [0.2, 0.25) is 5.91 Å². The molecule has 1 saturated carbocycles. The summed E-state index contributed by atoms with van der Waals surface area (Å²) in [6.45, 7) is 4.63. The molecule has 1 heterocycles. The topological polar surface area (TPSA) is 59.6 Å². The van der Waals surface area contributed by atoms with E-state index in [2.05, 4.69) is 17.6 Å². The quantitative estimate of drug-likeness (QED) is 0.858. The summed E-state index contributed by atoms with van der Waals surface area (Å²) >= 11 is 0. The number of ether oxygens (including phenoxy) is 2. The van der Waals surface area contributed by atoms with Gasteiger partial charge in [-0.05, 0) is 36.9 Å². The van der Waals surface area contributed by atoms with Crippen LogP contribution in [-0.4, -0.2) is 32.2 Å². The van der Waals surface area contributed by atoms with Crippen molar-refractivity contribution in [1.82, 2.24) is 5.32 Å². The summed E-state index contributed by atoms with van der Waals surface area (Å²) in [5.74, 6) is 2.94. The normalized spacial score (nSPS) is 23.2. The molecule has 0 aromatic heterocycles. The summed E-state index contributed by atoms with van der Waals surface area (Å²) in [4.78, 5) is 11.8. The predicted molar refractivity (Wildman–Crippen MR) is 76.2 cm³/mol. The van der Waals surface area contributed by atoms with Crippen LogP contribution in [0.4, 0.5) is 5.69 Å². The van der Waals surface area contributed by atoms with Crippen LogP contribution >= 0.6 is 0 Å². The van der Waals surface area contributed by atoms with Crippen molar-refractivity contribution in [3.8, 4) is 11.5 Å². The molecule has 1 aromatic carbocycles. The molecule has 5 heteroatoms. The van der Waals surface area contributed by atoms with Crippen molar-refractivity contribution in [2.24, 2.45) is 11.8 Å². The molecule has 1 fully saturated rings. The van der Waals surface area contributed by atoms with E-state index in [1.165, 1.54) is 6.42 Å². The molecule has 3 rings (SSSR count). The first-order chi connectivity index (χ1) is 9.72. The fraction of sp³-hybridized carbons (Fsp3) is 0.533. The number of anilines is 1. The van der Waals surface area contributed by atoms with E-state index < -0.39 is 0 Å². The third-order valence-electron chi connectivity index (χ3n) is 3.79. The van der Waals surface area contributed by atoms with E-state index in [1.54, 1.807) is 6.07 Å². The summed E-state index contributed by atoms with van der Waals surface area (Å²) in [6.07, 6.45) is 1.27. The fourth-order valence-corrected chi connectivity index (χ4v) is 2.38. The molecule has 2 unspecified atom stereocenters. The average Bonchev–Trinajstić information content (AvgIpc) is 3.14. The SMILES string of the molecule is CC1CC1CNCC(=O)Nc1ccc2c(c1)OCCO2. The largest absolute Gasteiger partial charge is 0.486 e. The number of amides is 1. The minimum absolute atomic E-state index is 0.0324. The van der Waals surface area contributed by atoms with Gasteiger partial charge in [-0.3, -0.25) is 4.79 Å². The van der Waals surface area contributed by atoms with Gasteiger partial charge in [-0.25, -0.2) is 0 Å². The molecule has 108 valence electrons. The number of hydrogen-bond acceptors (Lipinski definition) is 4. The molecule has 2 atom stereocenters. The third-order valence-corrected chi connectivity index (χ3v) is 3.79. The second-order valence-corrected chi connectivity index (χ2v) is 5.51. The zero-order chi connectivity index (χ0) is 13.9. The van der Waals surface area contributed by atoms with Crippen LogP contribution in [0.1, 0.15) is 13.3 Å². The zero-order valence-electron chi connectivity index (χ0n) is 11.6. The van der Waals surface area contributed by atoms with E-state index in [-0.39, 0.29) is 5.91 Å². The molecular weight excluding hydrogens is 256 g/mol. The molecule has 5 nitrogen and oxygen atoms in total. The molecule has 2 aliphatic rings. The lowest BCUT2D eigenvalue weighted by Crippen LogP contribution is -2.29. The Balaban J connectivity index is 1.48. The Bertz CT molecular complexity index is 504. The zero-order valence-corrected chi connectivity index (χ0v) is 11.6. The van der Waals surface area contributed by atoms with E-state index in [4.69, 9.17) is 9.47 Å². The van der Waals surface area contributed by atoms with E-state index in [9.17, 15) is 4.79 Å². The van der Waals surface area contributed by atoms with Gasteiger partial charge < -0.3 is 20.1 Å². The third kappa shape index (κ3) is 3.22. The summed E-state index contributed by atoms with van der Waals surface area (Å²) in [5.41, 5.74) is 0.737. The van der Waals surface area contributed by atoms with Gasteiger partial charge in [-0.15, -0.1) is 0 Å². The van der Waals surface area contributed by atoms with E-state index in [1.807, 2.05) is 12.1 Å². The predicted octanol–water partition coefficient (Wildman–Crippen LogP) is 1.64. The Hall–Kier alpha value is -1.75. The number of rotatable bonds is 5. The summed E-state index contributed by atoms with van der Waals surface area (Å²) in [5, 5.41) is 6.05. The van der Waals surface area contributed by atoms with Crippen LogP contribution in [0.3, 0.4) is 0 Å². The molecular formula is C15H20N2O3. The first kappa shape index (κ1) is 13.2. The molecule has 0 spiro atoms. The maximum atomic E-state index is 11.8. The van der Waals surface area contributed by atoms with Crippen molar-refractivity contribution >= 4 is 11.6 Å². The smallest absolute Gasteiger partial charge is 0.238 e. The molecule has 1 aromatic rings. The lowest BCUT2D eigenvalue weighted by molar-refractivity contribution is -0.115. The lowest BCUT2D eigenvalue weighted by atomic mass is 10.2. The van der Waals surface area contributed by atoms with Crippen LogP contribution in [0.25, 0.3) is 0 Å². The highest BCUT2D eigenvalue weighted by Gasteiger charge is 2.31. The fourth-order valence-electron chi connectivity index (χ4n) is 2.38. The van der Waals surface area contributed by atoms with Gasteiger partial charge in [0.05, 0.1) is 6.54 Å². The van der Waals surface area contributed by atoms with E-state index in [0.717, 1.165) is 29.8 Å². The van der Waals surface area contributed by atoms with Gasteiger partial charge in [0.15, 0.2) is 11.5 Å². The highest BCUT2D eigenvalue weighted by molar-refractivity contribution is 5.92. The highest BCUT2D eigenvalue weighted by Crippen LogP contribution is 2.36. The van der Waals surface area contributed by atoms with Crippen molar-refractivity contribution in [2.75, 3.05) is 31.6 Å². The first-order valence-electron chi connectivity index (χ1n) is 7.12. The van der Waals surface area contributed by atoms with Crippen LogP contribution in [0, 0.1) is 11.8 Å². The summed E-state index contributed by atoms with van der Waals surface area (Å²) in [7, 11) is 0. The van der Waals surface area contributed by atoms with Crippen LogP contribution in [0.5, 0.6) is 11.5 Å². The maximum absolute atomic E-state index is 11.8. The van der Waals surface area contributed by atoms with E-state index >= 15 is 0 Å². The Labute approximate surface area is 118 Å². The molecule has 20 heavy (non-hydrogen) atoms. The van der Waals surface area contributed by atoms with Crippen LogP contribution in [-0.2, 0) is 4.79 Å². The molecule has 0 bridgehead atoms. The summed E-state index contributed by atoms with van der Waals surface area (Å²) < 4.78 is 10.9. The molecule has 0 saturated heterocycles. The van der Waals surface area contributed by atoms with Crippen molar-refractivity contribution < 1.29 is 14.3 Å². The average molecular weight is 276 g/mol. The molecule has 1 aliphatic carbocycles. The number of nitrogens with one attached hydrogen (secondary N) is 2. The second-order valence-electron chi connectivity index (χ2n) is 5.51. The van der Waals surface area contributed by atoms with Gasteiger partial charge in [0, 0.05) is 11.8 Å². The van der Waals surface area contributed by atoms with Crippen molar-refractivity contribution in [2.45, 2.75) is 13.3 Å². The second kappa shape index (κ2) is 5.71. The lowest BCUT2D eigenvalue weighted by Gasteiger charge is -2.19. The Kier molecular flexibility index (Phi) is 3.78. The molecule has 1 aliphatic heterocycles. The van der Waals surface area contributed by atoms with Crippen LogP contribution in [0.2, 0.25) is 0 Å². The minimum atomic E-state index is -0.0324.